The van der Waals surface area contributed by atoms with Crippen molar-refractivity contribution in [3.63, 3.8) is 0 Å². The molecule has 3 rings (SSSR count). The van der Waals surface area contributed by atoms with E-state index < -0.39 is 5.56 Å². The molecule has 25 heavy (non-hydrogen) atoms. The minimum absolute atomic E-state index is 0.0739. The van der Waals surface area contributed by atoms with Crippen LogP contribution in [0.1, 0.15) is 15.9 Å². The van der Waals surface area contributed by atoms with E-state index in [1.165, 1.54) is 6.07 Å². The Hall–Kier alpha value is -1.98. The van der Waals surface area contributed by atoms with E-state index in [0.717, 1.165) is 29.2 Å². The number of benzene rings is 1. The zero-order chi connectivity index (χ0) is 18.1. The second-order valence-corrected chi connectivity index (χ2v) is 8.02. The highest BCUT2D eigenvalue weighted by Crippen LogP contribution is 2.40. The molecule has 0 unspecified atom stereocenters. The minimum Gasteiger partial charge on any atom is -0.506 e. The van der Waals surface area contributed by atoms with Gasteiger partial charge in [0.15, 0.2) is 5.78 Å². The van der Waals surface area contributed by atoms with Crippen LogP contribution in [0.25, 0.3) is 10.2 Å². The highest BCUT2D eigenvalue weighted by molar-refractivity contribution is 8.02. The van der Waals surface area contributed by atoms with E-state index in [4.69, 9.17) is 23.2 Å². The van der Waals surface area contributed by atoms with E-state index in [1.807, 2.05) is 6.07 Å². The fourth-order valence-electron chi connectivity index (χ4n) is 2.15. The van der Waals surface area contributed by atoms with Crippen molar-refractivity contribution in [3.05, 3.63) is 55.8 Å². The zero-order valence-electron chi connectivity index (χ0n) is 12.3. The number of halogens is 2. The number of nitriles is 1. The number of H-pyrrole nitrogens is 1. The molecule has 0 radical (unpaired) electrons. The molecular formula is C16H8Cl2N2O3S2. The number of carbonyl (C=O) groups excluding carboxylic acids is 1. The maximum atomic E-state index is 12.3. The maximum Gasteiger partial charge on any atom is 0.252 e. The summed E-state index contributed by atoms with van der Waals surface area (Å²) in [5.41, 5.74) is 0.433. The van der Waals surface area contributed by atoms with Crippen molar-refractivity contribution in [1.82, 2.24) is 4.98 Å². The Morgan fingerprint density at radius 1 is 1.32 bits per heavy atom. The topological polar surface area (TPSA) is 93.9 Å². The number of aromatic amines is 1. The molecule has 3 aromatic rings. The van der Waals surface area contributed by atoms with Gasteiger partial charge in [-0.25, -0.2) is 0 Å². The lowest BCUT2D eigenvalue weighted by molar-refractivity contribution is 0.102. The van der Waals surface area contributed by atoms with Crippen molar-refractivity contribution in [3.8, 4) is 11.8 Å². The van der Waals surface area contributed by atoms with Crippen LogP contribution < -0.4 is 5.56 Å². The lowest BCUT2D eigenvalue weighted by Gasteiger charge is -2.02. The van der Waals surface area contributed by atoms with Crippen LogP contribution >= 0.6 is 46.3 Å². The van der Waals surface area contributed by atoms with Crippen molar-refractivity contribution in [1.29, 1.82) is 5.26 Å². The largest absolute Gasteiger partial charge is 0.506 e. The maximum absolute atomic E-state index is 12.3. The van der Waals surface area contributed by atoms with Gasteiger partial charge in [0.05, 0.1) is 30.2 Å². The summed E-state index contributed by atoms with van der Waals surface area (Å²) in [6.07, 6.45) is 0. The number of aromatic nitrogens is 1. The third kappa shape index (κ3) is 3.53. The Morgan fingerprint density at radius 3 is 2.76 bits per heavy atom. The second kappa shape index (κ2) is 7.10. The predicted octanol–water partition coefficient (Wildman–Crippen LogP) is 4.45. The highest BCUT2D eigenvalue weighted by atomic mass is 35.5. The molecule has 2 N–H and O–H groups in total. The molecule has 0 fully saturated rings. The van der Waals surface area contributed by atoms with Crippen molar-refractivity contribution in [2.45, 2.75) is 4.21 Å². The zero-order valence-corrected chi connectivity index (χ0v) is 15.4. The first kappa shape index (κ1) is 17.8. The number of thioether (sulfide) groups is 1. The number of Topliss-reactive ketones (excluding diaryl/α,β-unsaturated/α-hetero) is 1. The molecule has 0 aliphatic rings. The minimum atomic E-state index is -0.497. The van der Waals surface area contributed by atoms with Crippen molar-refractivity contribution in [2.24, 2.45) is 0 Å². The smallest absolute Gasteiger partial charge is 0.252 e. The Morgan fingerprint density at radius 2 is 2.08 bits per heavy atom. The first-order valence-electron chi connectivity index (χ1n) is 6.80. The van der Waals surface area contributed by atoms with Crippen LogP contribution in [0.2, 0.25) is 10.0 Å². The molecular weight excluding hydrogens is 403 g/mol. The van der Waals surface area contributed by atoms with Crippen LogP contribution in [0.15, 0.2) is 33.3 Å². The van der Waals surface area contributed by atoms with E-state index >= 15 is 0 Å². The summed E-state index contributed by atoms with van der Waals surface area (Å²) in [5, 5.41) is 19.9. The van der Waals surface area contributed by atoms with Crippen LogP contribution in [0, 0.1) is 11.3 Å². The predicted molar refractivity (Wildman–Crippen MR) is 100 cm³/mol. The SMILES string of the molecule is N#Cc1c(SCC(=O)c2ccc(Cl)c(Cl)c2)sc2c(O)cc(=O)[nH]c12. The van der Waals surface area contributed by atoms with Gasteiger partial charge in [-0.15, -0.1) is 23.1 Å². The Bertz CT molecular complexity index is 1100. The number of pyridine rings is 1. The van der Waals surface area contributed by atoms with Crippen LogP contribution in [0.4, 0.5) is 0 Å². The van der Waals surface area contributed by atoms with Crippen LogP contribution in [0.5, 0.6) is 5.75 Å². The van der Waals surface area contributed by atoms with E-state index in [1.54, 1.807) is 12.1 Å². The second-order valence-electron chi connectivity index (χ2n) is 4.94. The molecule has 0 aliphatic heterocycles. The summed E-state index contributed by atoms with van der Waals surface area (Å²) in [6, 6.07) is 7.68. The highest BCUT2D eigenvalue weighted by Gasteiger charge is 2.18. The Kier molecular flexibility index (Phi) is 5.06. The van der Waals surface area contributed by atoms with Gasteiger partial charge in [-0.1, -0.05) is 23.2 Å². The number of nitrogens with zero attached hydrogens (tertiary/aromatic N) is 1. The molecule has 0 amide bonds. The molecule has 0 spiro atoms. The number of rotatable bonds is 4. The summed E-state index contributed by atoms with van der Waals surface area (Å²) >= 11 is 14.1. The van der Waals surface area contributed by atoms with E-state index in [-0.39, 0.29) is 28.4 Å². The fraction of sp³-hybridized carbons (Fsp3) is 0.0625. The average molecular weight is 411 g/mol. The number of fused-ring (bicyclic) bond motifs is 1. The number of ketones is 1. The van der Waals surface area contributed by atoms with Crippen molar-refractivity contribution < 1.29 is 9.90 Å². The molecule has 0 atom stereocenters. The summed E-state index contributed by atoms with van der Waals surface area (Å²) in [5.74, 6) is -0.296. The van der Waals surface area contributed by atoms with Gasteiger partial charge in [0, 0.05) is 11.6 Å². The molecule has 5 nitrogen and oxygen atoms in total. The normalized spacial score (nSPS) is 10.8. The fourth-order valence-corrected chi connectivity index (χ4v) is 4.68. The summed E-state index contributed by atoms with van der Waals surface area (Å²) < 4.78 is 0.948. The number of carbonyl (C=O) groups is 1. The van der Waals surface area contributed by atoms with E-state index in [2.05, 4.69) is 4.98 Å². The van der Waals surface area contributed by atoms with Crippen LogP contribution in [-0.2, 0) is 0 Å². The summed E-state index contributed by atoms with van der Waals surface area (Å²) in [7, 11) is 0. The molecule has 1 aromatic carbocycles. The van der Waals surface area contributed by atoms with Gasteiger partial charge in [0.2, 0.25) is 0 Å². The summed E-state index contributed by atoms with van der Waals surface area (Å²) in [4.78, 5) is 26.3. The Balaban J connectivity index is 1.89. The Labute approximate surface area is 159 Å². The molecule has 0 saturated carbocycles. The quantitative estimate of drug-likeness (QED) is 0.489. The van der Waals surface area contributed by atoms with Crippen LogP contribution in [-0.4, -0.2) is 21.6 Å². The number of hydrogen-bond acceptors (Lipinski definition) is 6. The molecule has 0 saturated heterocycles. The van der Waals surface area contributed by atoms with Gasteiger partial charge >= 0.3 is 0 Å². The van der Waals surface area contributed by atoms with E-state index in [9.17, 15) is 20.0 Å². The van der Waals surface area contributed by atoms with Gasteiger partial charge < -0.3 is 10.1 Å². The standard InChI is InChI=1S/C16H8Cl2N2O3S2/c17-9-2-1-7(3-10(9)18)12(22)6-24-16-8(5-19)14-15(25-16)11(21)4-13(23)20-14/h1-4H,6H2,(H2,20,21,23). The van der Waals surface area contributed by atoms with Crippen LogP contribution in [0.3, 0.4) is 0 Å². The van der Waals surface area contributed by atoms with Gasteiger partial charge in [-0.05, 0) is 18.2 Å². The number of aromatic hydroxyl groups is 1. The van der Waals surface area contributed by atoms with Gasteiger partial charge in [-0.3, -0.25) is 9.59 Å². The first-order valence-corrected chi connectivity index (χ1v) is 9.36. The third-order valence-corrected chi connectivity index (χ3v) is 6.53. The van der Waals surface area contributed by atoms with Crippen molar-refractivity contribution >= 4 is 62.3 Å². The monoisotopic (exact) mass is 410 g/mol. The molecule has 126 valence electrons. The third-order valence-electron chi connectivity index (χ3n) is 3.31. The van der Waals surface area contributed by atoms with Gasteiger partial charge in [0.1, 0.15) is 17.4 Å². The molecule has 2 aromatic heterocycles. The number of hydrogen-bond donors (Lipinski definition) is 2. The first-order chi connectivity index (χ1) is 11.9. The number of nitrogens with one attached hydrogen (secondary N) is 1. The molecule has 0 aliphatic carbocycles. The number of thiophene rings is 1. The molecule has 2 heterocycles. The van der Waals surface area contributed by atoms with E-state index in [0.29, 0.717) is 24.5 Å². The van der Waals surface area contributed by atoms with Gasteiger partial charge in [-0.2, -0.15) is 5.26 Å². The average Bonchev–Trinajstić information content (AvgIpc) is 2.92. The lowest BCUT2D eigenvalue weighted by Crippen LogP contribution is -2.03. The molecule has 0 bridgehead atoms. The summed E-state index contributed by atoms with van der Waals surface area (Å²) in [6.45, 7) is 0. The van der Waals surface area contributed by atoms with Gasteiger partial charge in [0.25, 0.3) is 5.56 Å². The molecule has 9 heteroatoms. The lowest BCUT2D eigenvalue weighted by atomic mass is 10.1. The van der Waals surface area contributed by atoms with Crippen molar-refractivity contribution in [2.75, 3.05) is 5.75 Å².